The molecular formula is C46H34ClN5O5. The lowest BCUT2D eigenvalue weighted by atomic mass is 9.94. The Balaban J connectivity index is 0.890. The maximum atomic E-state index is 14.2. The monoisotopic (exact) mass is 771 g/mol. The molecule has 2 aliphatic rings. The van der Waals surface area contributed by atoms with Crippen molar-refractivity contribution in [1.29, 1.82) is 0 Å². The molecule has 0 radical (unpaired) electrons. The van der Waals surface area contributed by atoms with Gasteiger partial charge in [0.1, 0.15) is 23.7 Å². The van der Waals surface area contributed by atoms with Gasteiger partial charge >= 0.3 is 6.09 Å². The van der Waals surface area contributed by atoms with Gasteiger partial charge in [-0.25, -0.2) is 4.79 Å². The molecule has 2 aromatic heterocycles. The third kappa shape index (κ3) is 5.84. The Bertz CT molecular complexity index is 2870. The quantitative estimate of drug-likeness (QED) is 0.103. The number of ether oxygens (including phenoxy) is 1. The van der Waals surface area contributed by atoms with Crippen LogP contribution in [0.1, 0.15) is 49.5 Å². The number of anilines is 3. The van der Waals surface area contributed by atoms with Gasteiger partial charge in [0.15, 0.2) is 0 Å². The topological polar surface area (TPSA) is 140 Å². The Morgan fingerprint density at radius 1 is 0.754 bits per heavy atom. The van der Waals surface area contributed by atoms with Crippen LogP contribution in [0.25, 0.3) is 43.7 Å². The summed E-state index contributed by atoms with van der Waals surface area (Å²) in [4.78, 5) is 48.6. The van der Waals surface area contributed by atoms with Crippen LogP contribution < -0.4 is 15.5 Å². The number of alkyl halides is 1. The van der Waals surface area contributed by atoms with E-state index in [1.807, 2.05) is 66.7 Å². The van der Waals surface area contributed by atoms with Crippen molar-refractivity contribution in [2.75, 3.05) is 34.6 Å². The van der Waals surface area contributed by atoms with Crippen molar-refractivity contribution >= 4 is 79.1 Å². The van der Waals surface area contributed by atoms with Crippen LogP contribution in [-0.4, -0.2) is 52.0 Å². The van der Waals surface area contributed by atoms with Crippen molar-refractivity contribution in [2.45, 2.75) is 11.8 Å². The molecule has 3 amide bonds. The highest BCUT2D eigenvalue weighted by atomic mass is 35.5. The number of hydrogen-bond acceptors (Lipinski definition) is 5. The summed E-state index contributed by atoms with van der Waals surface area (Å²) in [5.74, 6) is -0.784. The molecule has 1 unspecified atom stereocenters. The van der Waals surface area contributed by atoms with E-state index in [-0.39, 0.29) is 41.9 Å². The van der Waals surface area contributed by atoms with Crippen LogP contribution in [0.3, 0.4) is 0 Å². The highest BCUT2D eigenvalue weighted by molar-refractivity contribution is 6.20. The van der Waals surface area contributed by atoms with E-state index in [0.29, 0.717) is 45.8 Å². The predicted octanol–water partition coefficient (Wildman–Crippen LogP) is 10.1. The van der Waals surface area contributed by atoms with Gasteiger partial charge in [0.2, 0.25) is 0 Å². The number of rotatable bonds is 7. The van der Waals surface area contributed by atoms with E-state index in [9.17, 15) is 19.5 Å². The molecule has 6 aromatic carbocycles. The first-order valence-corrected chi connectivity index (χ1v) is 19.2. The molecule has 11 heteroatoms. The van der Waals surface area contributed by atoms with Gasteiger partial charge in [-0.3, -0.25) is 14.9 Å². The molecule has 8 aromatic rings. The Morgan fingerprint density at radius 3 is 2.23 bits per heavy atom. The zero-order valence-electron chi connectivity index (χ0n) is 30.3. The summed E-state index contributed by atoms with van der Waals surface area (Å²) in [6.07, 6.45) is -0.644. The number of benzene rings is 6. The van der Waals surface area contributed by atoms with Crippen LogP contribution in [0, 0.1) is 0 Å². The molecule has 0 saturated heterocycles. The van der Waals surface area contributed by atoms with E-state index in [0.717, 1.165) is 49.6 Å². The maximum Gasteiger partial charge on any atom is 0.411 e. The van der Waals surface area contributed by atoms with Gasteiger partial charge in [0.25, 0.3) is 11.8 Å². The standard InChI is InChI=1S/C46H34ClN5O5/c47-22-27-23-52(45(55)39-20-26-18-28(16-17-36(26)50-39)48-44(54)38-19-25-8-1-6-14-35(25)49-38)40-21-41(53)43-33(42(27)40)13-7-15-37(43)51-46(56)57-24-34-31-11-4-2-9-29(31)30-10-3-5-12-32(30)34/h1-21,27,34,49-50,53H,22-24H2,(H,48,54)(H,51,56). The summed E-state index contributed by atoms with van der Waals surface area (Å²) in [5, 5.41) is 20.1. The summed E-state index contributed by atoms with van der Waals surface area (Å²) in [6, 6.07) is 39.9. The number of amides is 3. The lowest BCUT2D eigenvalue weighted by Gasteiger charge is -2.19. The number of aromatic nitrogens is 2. The minimum atomic E-state index is -0.644. The Labute approximate surface area is 331 Å². The first-order valence-electron chi connectivity index (χ1n) is 18.6. The number of hydrogen-bond donors (Lipinski definition) is 5. The second-order valence-corrected chi connectivity index (χ2v) is 14.8. The number of aromatic amines is 2. The molecule has 1 aliphatic carbocycles. The van der Waals surface area contributed by atoms with Crippen molar-refractivity contribution in [3.63, 3.8) is 0 Å². The van der Waals surface area contributed by atoms with E-state index in [1.54, 1.807) is 41.3 Å². The number of carbonyl (C=O) groups excluding carboxylic acids is 3. The Hall–Kier alpha value is -7.04. The highest BCUT2D eigenvalue weighted by Gasteiger charge is 2.36. The van der Waals surface area contributed by atoms with E-state index >= 15 is 0 Å². The van der Waals surface area contributed by atoms with Gasteiger partial charge in [-0.2, -0.15) is 0 Å². The van der Waals surface area contributed by atoms with Crippen LogP contribution in [0.4, 0.5) is 21.9 Å². The predicted molar refractivity (Wildman–Crippen MR) is 224 cm³/mol. The summed E-state index contributed by atoms with van der Waals surface area (Å²) in [5.41, 5.74) is 9.19. The van der Waals surface area contributed by atoms with Crippen molar-refractivity contribution in [3.8, 4) is 16.9 Å². The first-order chi connectivity index (χ1) is 27.8. The number of halogens is 1. The molecular weight excluding hydrogens is 738 g/mol. The second kappa shape index (κ2) is 13.6. The van der Waals surface area contributed by atoms with Crippen molar-refractivity contribution in [3.05, 3.63) is 155 Å². The number of nitrogens with one attached hydrogen (secondary N) is 4. The minimum absolute atomic E-state index is 0.0988. The average molecular weight is 772 g/mol. The molecule has 0 fully saturated rings. The number of nitrogens with zero attached hydrogens (tertiary/aromatic N) is 1. The fourth-order valence-electron chi connectivity index (χ4n) is 8.56. The van der Waals surface area contributed by atoms with Crippen LogP contribution in [0.5, 0.6) is 5.75 Å². The number of H-pyrrole nitrogens is 2. The SMILES string of the molecule is O=C(Nc1cccc2c3c(cc(O)c12)N(C(=O)c1cc2cc(NC(=O)c4cc5ccccc5[nH]4)ccc2[nH]1)CC3CCl)OCC1c2ccccc2-c2ccccc21. The summed E-state index contributed by atoms with van der Waals surface area (Å²) < 4.78 is 5.82. The number of aromatic hydroxyl groups is 1. The minimum Gasteiger partial charge on any atom is -0.507 e. The first kappa shape index (κ1) is 34.5. The smallest absolute Gasteiger partial charge is 0.411 e. The van der Waals surface area contributed by atoms with Gasteiger partial charge in [-0.1, -0.05) is 78.9 Å². The molecule has 0 bridgehead atoms. The molecule has 10 nitrogen and oxygen atoms in total. The second-order valence-electron chi connectivity index (χ2n) is 14.5. The van der Waals surface area contributed by atoms with E-state index in [2.05, 4.69) is 44.9 Å². The molecule has 5 N–H and O–H groups in total. The van der Waals surface area contributed by atoms with E-state index in [4.69, 9.17) is 16.3 Å². The van der Waals surface area contributed by atoms with Crippen molar-refractivity contribution < 1.29 is 24.2 Å². The molecule has 10 rings (SSSR count). The number of phenolic OH excluding ortho intramolecular Hbond substituents is 1. The highest BCUT2D eigenvalue weighted by Crippen LogP contribution is 2.48. The molecule has 0 saturated carbocycles. The zero-order chi connectivity index (χ0) is 38.8. The normalized spacial score (nSPS) is 14.5. The molecule has 3 heterocycles. The van der Waals surface area contributed by atoms with Crippen LogP contribution >= 0.6 is 11.6 Å². The molecule has 1 aliphatic heterocycles. The van der Waals surface area contributed by atoms with Crippen LogP contribution in [0.15, 0.2) is 127 Å². The van der Waals surface area contributed by atoms with Gasteiger partial charge in [0.05, 0.1) is 11.4 Å². The summed E-state index contributed by atoms with van der Waals surface area (Å²) in [7, 11) is 0. The van der Waals surface area contributed by atoms with E-state index < -0.39 is 6.09 Å². The summed E-state index contributed by atoms with van der Waals surface area (Å²) >= 11 is 6.55. The number of para-hydroxylation sites is 1. The Kier molecular flexibility index (Phi) is 8.23. The van der Waals surface area contributed by atoms with Crippen molar-refractivity contribution in [2.24, 2.45) is 0 Å². The van der Waals surface area contributed by atoms with Gasteiger partial charge < -0.3 is 30.0 Å². The molecule has 0 spiro atoms. The fourth-order valence-corrected chi connectivity index (χ4v) is 8.82. The maximum absolute atomic E-state index is 14.2. The largest absolute Gasteiger partial charge is 0.507 e. The van der Waals surface area contributed by atoms with Gasteiger partial charge in [0, 0.05) is 63.2 Å². The third-order valence-electron chi connectivity index (χ3n) is 11.2. The summed E-state index contributed by atoms with van der Waals surface area (Å²) in [6.45, 7) is 0.438. The fraction of sp³-hybridized carbons (Fsp3) is 0.109. The van der Waals surface area contributed by atoms with Crippen LogP contribution in [0.2, 0.25) is 0 Å². The number of carbonyl (C=O) groups is 3. The zero-order valence-corrected chi connectivity index (χ0v) is 31.1. The average Bonchev–Trinajstić information content (AvgIpc) is 4.02. The third-order valence-corrected chi connectivity index (χ3v) is 11.5. The van der Waals surface area contributed by atoms with Crippen LogP contribution in [-0.2, 0) is 4.74 Å². The van der Waals surface area contributed by atoms with Gasteiger partial charge in [-0.15, -0.1) is 11.6 Å². The van der Waals surface area contributed by atoms with Crippen molar-refractivity contribution in [1.82, 2.24) is 9.97 Å². The molecule has 1 atom stereocenters. The number of fused-ring (bicyclic) bond motifs is 8. The lowest BCUT2D eigenvalue weighted by molar-refractivity contribution is 0.0982. The Morgan fingerprint density at radius 2 is 1.46 bits per heavy atom. The number of phenols is 1. The van der Waals surface area contributed by atoms with E-state index in [1.165, 1.54) is 0 Å². The van der Waals surface area contributed by atoms with Gasteiger partial charge in [-0.05, 0) is 75.7 Å². The lowest BCUT2D eigenvalue weighted by Crippen LogP contribution is -2.30. The molecule has 57 heavy (non-hydrogen) atoms. The molecule has 280 valence electrons.